The Hall–Kier alpha value is -3.05. The summed E-state index contributed by atoms with van der Waals surface area (Å²) in [5.41, 5.74) is 7.92. The maximum atomic E-state index is 11.9. The molecule has 2 heterocycles. The van der Waals surface area contributed by atoms with Crippen LogP contribution in [0.15, 0.2) is 35.4 Å². The van der Waals surface area contributed by atoms with Crippen molar-refractivity contribution in [3.63, 3.8) is 0 Å². The summed E-state index contributed by atoms with van der Waals surface area (Å²) in [5.74, 6) is 0.211. The number of nitrogens with two attached hydrogens (primary N) is 1. The number of ether oxygens (including phenoxy) is 3. The summed E-state index contributed by atoms with van der Waals surface area (Å²) in [5, 5.41) is 0. The highest BCUT2D eigenvalue weighted by Gasteiger charge is 2.15. The number of imidazole rings is 1. The van der Waals surface area contributed by atoms with E-state index in [1.54, 1.807) is 4.57 Å². The largest absolute Gasteiger partial charge is 0.510 e. The molecule has 2 aromatic heterocycles. The van der Waals surface area contributed by atoms with E-state index in [4.69, 9.17) is 29.0 Å². The monoisotopic (exact) mass is 507 g/mol. The van der Waals surface area contributed by atoms with Gasteiger partial charge < -0.3 is 29.0 Å². The van der Waals surface area contributed by atoms with Gasteiger partial charge in [-0.15, -0.1) is 0 Å². The molecule has 1 atom stereocenters. The number of carbonyl (C=O) groups excluding carboxylic acids is 1. The number of nitrogens with one attached hydrogen (secondary N) is 1. The highest BCUT2D eigenvalue weighted by molar-refractivity contribution is 7.46. The Kier molecular flexibility index (Phi) is 9.98. The highest BCUT2D eigenvalue weighted by Crippen LogP contribution is 2.39. The lowest BCUT2D eigenvalue weighted by Gasteiger charge is -2.18. The molecule has 35 heavy (non-hydrogen) atoms. The van der Waals surface area contributed by atoms with Gasteiger partial charge in [0.05, 0.1) is 26.1 Å². The number of hydrogen-bond donors (Lipinski definition) is 2. The van der Waals surface area contributed by atoms with E-state index in [0.717, 1.165) is 11.1 Å². The van der Waals surface area contributed by atoms with Crippen molar-refractivity contribution < 1.29 is 28.1 Å². The van der Waals surface area contributed by atoms with E-state index >= 15 is 0 Å². The van der Waals surface area contributed by atoms with Crippen molar-refractivity contribution in [1.82, 2.24) is 19.5 Å². The van der Waals surface area contributed by atoms with E-state index in [1.165, 1.54) is 6.33 Å². The lowest BCUT2D eigenvalue weighted by atomic mass is 10.2. The maximum absolute atomic E-state index is 11.9. The Morgan fingerprint density at radius 1 is 1.20 bits per heavy atom. The smallest absolute Gasteiger partial charge is 0.434 e. The molecule has 3 N–H and O–H groups in total. The minimum absolute atomic E-state index is 0.0125. The number of nitrogen functional groups attached to an aromatic ring is 1. The summed E-state index contributed by atoms with van der Waals surface area (Å²) in [7, 11) is -1.53. The van der Waals surface area contributed by atoms with Crippen LogP contribution in [-0.2, 0) is 36.4 Å². The second kappa shape index (κ2) is 13.1. The molecule has 12 nitrogen and oxygen atoms in total. The van der Waals surface area contributed by atoms with Crippen LogP contribution in [0.25, 0.3) is 11.2 Å². The number of rotatable bonds is 13. The molecule has 0 saturated carbocycles. The van der Waals surface area contributed by atoms with Gasteiger partial charge in [0, 0.05) is 6.54 Å². The quantitative estimate of drug-likeness (QED) is 0.152. The van der Waals surface area contributed by atoms with Crippen LogP contribution in [0.5, 0.6) is 0 Å². The van der Waals surface area contributed by atoms with Gasteiger partial charge in [0.25, 0.3) is 5.56 Å². The zero-order valence-corrected chi connectivity index (χ0v) is 20.8. The zero-order chi connectivity index (χ0) is 25.2. The number of carbonyl (C=O) groups is 1. The van der Waals surface area contributed by atoms with Gasteiger partial charge in [-0.2, -0.15) is 4.98 Å². The van der Waals surface area contributed by atoms with E-state index < -0.39 is 20.1 Å². The van der Waals surface area contributed by atoms with Crippen LogP contribution in [-0.4, -0.2) is 52.0 Å². The number of anilines is 1. The van der Waals surface area contributed by atoms with Gasteiger partial charge in [0.15, 0.2) is 11.2 Å². The van der Waals surface area contributed by atoms with E-state index in [9.17, 15) is 9.59 Å². The van der Waals surface area contributed by atoms with E-state index in [1.807, 2.05) is 45.0 Å². The lowest BCUT2D eigenvalue weighted by molar-refractivity contribution is -0.00337. The number of aryl methyl sites for hydroxylation is 1. The highest BCUT2D eigenvalue weighted by atomic mass is 31.2. The van der Waals surface area contributed by atoms with Crippen molar-refractivity contribution in [3.8, 4) is 0 Å². The standard InChI is InChI=1S/C22H30N5O7P/c1-15(2)10-31-22(29)32-13-34-35(33-11-17-6-4-16(3)5-7-17)14-30-9-8-27-12-24-18-19(27)25-21(23)26-20(18)28/h4-7,12,15H,8-11,13-14H2,1-3H3,(H3,23,25,26,28). The first kappa shape index (κ1) is 26.6. The average molecular weight is 507 g/mol. The van der Waals surface area contributed by atoms with Gasteiger partial charge >= 0.3 is 6.16 Å². The zero-order valence-electron chi connectivity index (χ0n) is 19.9. The second-order valence-electron chi connectivity index (χ2n) is 8.04. The van der Waals surface area contributed by atoms with Crippen molar-refractivity contribution in [2.45, 2.75) is 33.9 Å². The van der Waals surface area contributed by atoms with Crippen molar-refractivity contribution in [3.05, 3.63) is 52.1 Å². The lowest BCUT2D eigenvalue weighted by Crippen LogP contribution is -2.14. The van der Waals surface area contributed by atoms with Crippen LogP contribution in [0, 0.1) is 12.8 Å². The predicted molar refractivity (Wildman–Crippen MR) is 129 cm³/mol. The summed E-state index contributed by atoms with van der Waals surface area (Å²) >= 11 is 0. The molecule has 0 bridgehead atoms. The maximum Gasteiger partial charge on any atom is 0.510 e. The van der Waals surface area contributed by atoms with E-state index in [2.05, 4.69) is 15.0 Å². The molecule has 0 aliphatic carbocycles. The van der Waals surface area contributed by atoms with Gasteiger partial charge in [-0.05, 0) is 18.4 Å². The Morgan fingerprint density at radius 3 is 2.71 bits per heavy atom. The van der Waals surface area contributed by atoms with Crippen LogP contribution in [0.2, 0.25) is 0 Å². The average Bonchev–Trinajstić information content (AvgIpc) is 3.22. The topological polar surface area (TPSA) is 153 Å². The summed E-state index contributed by atoms with van der Waals surface area (Å²) in [6, 6.07) is 7.92. The van der Waals surface area contributed by atoms with Crippen LogP contribution >= 0.6 is 8.38 Å². The molecule has 13 heteroatoms. The molecule has 3 rings (SSSR count). The molecule has 0 aliphatic heterocycles. The third-order valence-corrected chi connectivity index (χ3v) is 5.77. The first-order valence-electron chi connectivity index (χ1n) is 11.0. The van der Waals surface area contributed by atoms with Gasteiger partial charge in [0.1, 0.15) is 6.35 Å². The van der Waals surface area contributed by atoms with E-state index in [-0.39, 0.29) is 43.7 Å². The Balaban J connectivity index is 1.50. The number of nitrogens with zero attached hydrogens (tertiary/aromatic N) is 3. The third kappa shape index (κ3) is 8.59. The summed E-state index contributed by atoms with van der Waals surface area (Å²) in [4.78, 5) is 34.2. The number of aromatic amines is 1. The van der Waals surface area contributed by atoms with E-state index in [0.29, 0.717) is 18.8 Å². The number of aromatic nitrogens is 4. The molecule has 0 fully saturated rings. The molecule has 0 aliphatic rings. The Labute approximate surface area is 203 Å². The molecule has 0 radical (unpaired) electrons. The van der Waals surface area contributed by atoms with Crippen LogP contribution in [0.4, 0.5) is 10.7 Å². The van der Waals surface area contributed by atoms with Gasteiger partial charge in [-0.1, -0.05) is 43.7 Å². The first-order chi connectivity index (χ1) is 16.8. The fraction of sp³-hybridized carbons (Fsp3) is 0.455. The van der Waals surface area contributed by atoms with Gasteiger partial charge in [0.2, 0.25) is 21.1 Å². The van der Waals surface area contributed by atoms with Crippen molar-refractivity contribution in [2.24, 2.45) is 5.92 Å². The van der Waals surface area contributed by atoms with Crippen molar-refractivity contribution in [2.75, 3.05) is 32.1 Å². The number of hydrogen-bond acceptors (Lipinski definition) is 10. The molecular weight excluding hydrogens is 477 g/mol. The normalized spacial score (nSPS) is 12.2. The third-order valence-electron chi connectivity index (χ3n) is 4.57. The molecule has 190 valence electrons. The van der Waals surface area contributed by atoms with Gasteiger partial charge in [-0.25, -0.2) is 9.78 Å². The molecular formula is C22H30N5O7P. The molecule has 1 aromatic carbocycles. The molecule has 3 aromatic rings. The fourth-order valence-corrected chi connectivity index (χ4v) is 3.75. The van der Waals surface area contributed by atoms with Crippen LogP contribution in [0.1, 0.15) is 25.0 Å². The first-order valence-corrected chi connectivity index (χ1v) is 12.3. The summed E-state index contributed by atoms with van der Waals surface area (Å²) in [6.07, 6.45) is 0.829. The molecule has 0 saturated heterocycles. The minimum atomic E-state index is -1.53. The molecule has 1 unspecified atom stereocenters. The molecule has 0 spiro atoms. The SMILES string of the molecule is Cc1ccc(COP(COCCn2cnc3c(=O)[nH]c(N)nc32)OCOC(=O)OCC(C)C)cc1. The number of fused-ring (bicyclic) bond motifs is 1. The minimum Gasteiger partial charge on any atom is -0.434 e. The van der Waals surface area contributed by atoms with Crippen LogP contribution in [0.3, 0.4) is 0 Å². The molecule has 0 amide bonds. The number of benzene rings is 1. The van der Waals surface area contributed by atoms with Crippen molar-refractivity contribution in [1.29, 1.82) is 0 Å². The number of H-pyrrole nitrogens is 1. The summed E-state index contributed by atoms with van der Waals surface area (Å²) in [6.45, 7) is 6.76. The fourth-order valence-electron chi connectivity index (χ4n) is 2.79. The Morgan fingerprint density at radius 2 is 1.97 bits per heavy atom. The van der Waals surface area contributed by atoms with Crippen LogP contribution < -0.4 is 11.3 Å². The van der Waals surface area contributed by atoms with Gasteiger partial charge in [-0.3, -0.25) is 14.3 Å². The van der Waals surface area contributed by atoms with Crippen molar-refractivity contribution >= 4 is 31.6 Å². The Bertz CT molecular complexity index is 1150. The predicted octanol–water partition coefficient (Wildman–Crippen LogP) is 3.30. The second-order valence-corrected chi connectivity index (χ2v) is 9.48. The summed E-state index contributed by atoms with van der Waals surface area (Å²) < 4.78 is 28.8.